The van der Waals surface area contributed by atoms with E-state index >= 15 is 0 Å². The Morgan fingerprint density at radius 1 is 1.21 bits per heavy atom. The molecule has 0 bridgehead atoms. The number of hydrogen-bond donors (Lipinski definition) is 2. The first-order valence-electron chi connectivity index (χ1n) is 6.46. The van der Waals surface area contributed by atoms with E-state index in [9.17, 15) is 9.59 Å². The first-order chi connectivity index (χ1) is 9.21. The van der Waals surface area contributed by atoms with Gasteiger partial charge in [0.25, 0.3) is 5.91 Å². The Labute approximate surface area is 116 Å². The summed E-state index contributed by atoms with van der Waals surface area (Å²) < 4.78 is 0. The van der Waals surface area contributed by atoms with Crippen LogP contribution >= 0.6 is 11.8 Å². The molecule has 3 rings (SSSR count). The summed E-state index contributed by atoms with van der Waals surface area (Å²) in [6.07, 6.45) is 2.05. The lowest BCUT2D eigenvalue weighted by molar-refractivity contribution is -0.123. The summed E-state index contributed by atoms with van der Waals surface area (Å²) in [5.41, 5.74) is 0.569. The van der Waals surface area contributed by atoms with Gasteiger partial charge in [-0.05, 0) is 24.3 Å². The minimum Gasteiger partial charge on any atom is -0.322 e. The van der Waals surface area contributed by atoms with Crippen LogP contribution in [0.4, 0.5) is 4.79 Å². The molecule has 2 N–H and O–H groups in total. The number of nitrogens with one attached hydrogen (secondary N) is 2. The van der Waals surface area contributed by atoms with Crippen molar-refractivity contribution in [1.82, 2.24) is 10.6 Å². The van der Waals surface area contributed by atoms with E-state index in [2.05, 4.69) is 22.8 Å². The average molecular weight is 276 g/mol. The molecule has 19 heavy (non-hydrogen) atoms. The summed E-state index contributed by atoms with van der Waals surface area (Å²) in [6, 6.07) is 9.81. The molecular weight excluding hydrogens is 260 g/mol. The van der Waals surface area contributed by atoms with Gasteiger partial charge >= 0.3 is 6.03 Å². The van der Waals surface area contributed by atoms with Gasteiger partial charge in [0.05, 0.1) is 0 Å². The van der Waals surface area contributed by atoms with Crippen LogP contribution in [0.5, 0.6) is 0 Å². The highest BCUT2D eigenvalue weighted by Gasteiger charge is 2.55. The standard InChI is InChI=1S/C14H16N2O2S/c17-12-14(11-6-7-11,16-13(18)15-12)9-19-8-10-4-2-1-3-5-10/h1-5,11H,6-9H2,(H2,15,16,17,18). The SMILES string of the molecule is O=C1NC(=O)C(CSCc2ccccc2)(C2CC2)N1. The molecule has 1 heterocycles. The number of benzene rings is 1. The second kappa shape index (κ2) is 4.89. The number of thioether (sulfide) groups is 1. The van der Waals surface area contributed by atoms with Gasteiger partial charge in [0.15, 0.2) is 0 Å². The third kappa shape index (κ3) is 2.47. The molecule has 1 unspecified atom stereocenters. The molecule has 0 radical (unpaired) electrons. The van der Waals surface area contributed by atoms with Gasteiger partial charge in [-0.15, -0.1) is 0 Å². The summed E-state index contributed by atoms with van der Waals surface area (Å²) in [7, 11) is 0. The van der Waals surface area contributed by atoms with E-state index in [1.807, 2.05) is 18.2 Å². The third-order valence-corrected chi connectivity index (χ3v) is 4.88. The fraction of sp³-hybridized carbons (Fsp3) is 0.429. The molecule has 1 saturated heterocycles. The van der Waals surface area contributed by atoms with Crippen molar-refractivity contribution in [3.8, 4) is 0 Å². The highest BCUT2D eigenvalue weighted by Crippen LogP contribution is 2.43. The van der Waals surface area contributed by atoms with Crippen molar-refractivity contribution in [1.29, 1.82) is 0 Å². The molecule has 5 heteroatoms. The van der Waals surface area contributed by atoms with Crippen LogP contribution < -0.4 is 10.6 Å². The van der Waals surface area contributed by atoms with E-state index in [1.165, 1.54) is 5.56 Å². The summed E-state index contributed by atoms with van der Waals surface area (Å²) in [5, 5.41) is 5.22. The highest BCUT2D eigenvalue weighted by atomic mass is 32.2. The van der Waals surface area contributed by atoms with Gasteiger partial charge in [-0.3, -0.25) is 10.1 Å². The zero-order valence-corrected chi connectivity index (χ0v) is 11.3. The van der Waals surface area contributed by atoms with Gasteiger partial charge in [0.1, 0.15) is 5.54 Å². The first kappa shape index (κ1) is 12.5. The van der Waals surface area contributed by atoms with Crippen LogP contribution in [-0.4, -0.2) is 23.2 Å². The van der Waals surface area contributed by atoms with E-state index in [0.717, 1.165) is 18.6 Å². The molecule has 1 atom stereocenters. The van der Waals surface area contributed by atoms with Crippen molar-refractivity contribution in [3.05, 3.63) is 35.9 Å². The Hall–Kier alpha value is -1.49. The summed E-state index contributed by atoms with van der Waals surface area (Å²) in [6.45, 7) is 0. The maximum absolute atomic E-state index is 12.0. The van der Waals surface area contributed by atoms with E-state index in [-0.39, 0.29) is 11.9 Å². The van der Waals surface area contributed by atoms with Crippen LogP contribution in [0.1, 0.15) is 18.4 Å². The number of rotatable bonds is 5. The minimum atomic E-state index is -0.670. The Morgan fingerprint density at radius 2 is 1.95 bits per heavy atom. The Morgan fingerprint density at radius 3 is 2.53 bits per heavy atom. The van der Waals surface area contributed by atoms with Gasteiger partial charge in [-0.25, -0.2) is 4.79 Å². The van der Waals surface area contributed by atoms with E-state index in [1.54, 1.807) is 11.8 Å². The average Bonchev–Trinajstić information content (AvgIpc) is 3.19. The molecule has 2 fully saturated rings. The first-order valence-corrected chi connectivity index (χ1v) is 7.61. The number of hydrogen-bond acceptors (Lipinski definition) is 3. The maximum atomic E-state index is 12.0. The van der Waals surface area contributed by atoms with Crippen molar-refractivity contribution >= 4 is 23.7 Å². The van der Waals surface area contributed by atoms with E-state index in [4.69, 9.17) is 0 Å². The largest absolute Gasteiger partial charge is 0.322 e. The normalized spacial score (nSPS) is 26.1. The second-order valence-corrected chi connectivity index (χ2v) is 6.12. The van der Waals surface area contributed by atoms with Gasteiger partial charge in [0, 0.05) is 11.5 Å². The lowest BCUT2D eigenvalue weighted by Crippen LogP contribution is -2.51. The van der Waals surface area contributed by atoms with Crippen LogP contribution in [0.25, 0.3) is 0 Å². The van der Waals surface area contributed by atoms with Crippen LogP contribution in [0.3, 0.4) is 0 Å². The predicted molar refractivity (Wildman–Crippen MR) is 74.7 cm³/mol. The summed E-state index contributed by atoms with van der Waals surface area (Å²) in [4.78, 5) is 23.4. The smallest absolute Gasteiger partial charge is 0.322 e. The Kier molecular flexibility index (Phi) is 3.22. The fourth-order valence-electron chi connectivity index (χ4n) is 2.49. The number of amides is 3. The van der Waals surface area contributed by atoms with Crippen LogP contribution in [0, 0.1) is 5.92 Å². The molecule has 1 saturated carbocycles. The number of carbonyl (C=O) groups is 2. The molecule has 4 nitrogen and oxygen atoms in total. The molecule has 1 aliphatic heterocycles. The zero-order chi connectivity index (χ0) is 13.3. The zero-order valence-electron chi connectivity index (χ0n) is 10.5. The second-order valence-electron chi connectivity index (χ2n) is 5.13. The summed E-state index contributed by atoms with van der Waals surface area (Å²) in [5.74, 6) is 1.66. The van der Waals surface area contributed by atoms with Gasteiger partial charge in [-0.2, -0.15) is 11.8 Å². The van der Waals surface area contributed by atoms with Crippen LogP contribution in [0.2, 0.25) is 0 Å². The molecule has 0 aromatic heterocycles. The van der Waals surface area contributed by atoms with Crippen molar-refractivity contribution in [3.63, 3.8) is 0 Å². The van der Waals surface area contributed by atoms with Gasteiger partial charge in [0.2, 0.25) is 0 Å². The number of carbonyl (C=O) groups excluding carboxylic acids is 2. The molecule has 1 aliphatic carbocycles. The lowest BCUT2D eigenvalue weighted by atomic mass is 9.96. The Bertz CT molecular complexity index is 501. The van der Waals surface area contributed by atoms with Crippen molar-refractivity contribution in [2.75, 3.05) is 5.75 Å². The highest BCUT2D eigenvalue weighted by molar-refractivity contribution is 7.98. The molecule has 2 aliphatic rings. The van der Waals surface area contributed by atoms with Gasteiger partial charge < -0.3 is 5.32 Å². The fourth-order valence-corrected chi connectivity index (χ4v) is 3.78. The molecule has 3 amide bonds. The molecule has 0 spiro atoms. The van der Waals surface area contributed by atoms with Crippen molar-refractivity contribution in [2.24, 2.45) is 5.92 Å². The predicted octanol–water partition coefficient (Wildman–Crippen LogP) is 1.91. The molecule has 1 aromatic rings. The topological polar surface area (TPSA) is 58.2 Å². The van der Waals surface area contributed by atoms with E-state index < -0.39 is 5.54 Å². The lowest BCUT2D eigenvalue weighted by Gasteiger charge is -2.25. The molecule has 100 valence electrons. The van der Waals surface area contributed by atoms with Crippen molar-refractivity contribution in [2.45, 2.75) is 24.1 Å². The number of imide groups is 1. The van der Waals surface area contributed by atoms with E-state index in [0.29, 0.717) is 11.7 Å². The summed E-state index contributed by atoms with van der Waals surface area (Å²) >= 11 is 1.70. The molecular formula is C14H16N2O2S. The van der Waals surface area contributed by atoms with Crippen molar-refractivity contribution < 1.29 is 9.59 Å². The molecule has 1 aromatic carbocycles. The van der Waals surface area contributed by atoms with Crippen LogP contribution in [0.15, 0.2) is 30.3 Å². The minimum absolute atomic E-state index is 0.152. The van der Waals surface area contributed by atoms with Crippen LogP contribution in [-0.2, 0) is 10.5 Å². The Balaban J connectivity index is 1.63. The third-order valence-electron chi connectivity index (χ3n) is 3.68. The number of urea groups is 1. The maximum Gasteiger partial charge on any atom is 0.322 e. The quantitative estimate of drug-likeness (QED) is 0.808. The monoisotopic (exact) mass is 276 g/mol. The van der Waals surface area contributed by atoms with Gasteiger partial charge in [-0.1, -0.05) is 30.3 Å².